The summed E-state index contributed by atoms with van der Waals surface area (Å²) in [5.74, 6) is 0.163. The van der Waals surface area contributed by atoms with Gasteiger partial charge >= 0.3 is 6.01 Å². The van der Waals surface area contributed by atoms with Crippen molar-refractivity contribution in [3.8, 4) is 12.1 Å². The first-order valence-corrected chi connectivity index (χ1v) is 5.80. The second kappa shape index (κ2) is 5.69. The SMILES string of the molecule is COc1nc(Cl)nc(Nc2cc(Cl)ccc2C#N)n1. The molecule has 0 atom stereocenters. The number of halogens is 2. The van der Waals surface area contributed by atoms with Crippen LogP contribution >= 0.6 is 23.2 Å². The van der Waals surface area contributed by atoms with Gasteiger partial charge in [-0.05, 0) is 29.8 Å². The molecular formula is C11H7Cl2N5O. The average Bonchev–Trinajstić information content (AvgIpc) is 2.38. The molecule has 8 heteroatoms. The molecule has 0 fully saturated rings. The zero-order valence-corrected chi connectivity index (χ0v) is 11.2. The van der Waals surface area contributed by atoms with Crippen LogP contribution in [0.4, 0.5) is 11.6 Å². The highest BCUT2D eigenvalue weighted by Crippen LogP contribution is 2.23. The Morgan fingerprint density at radius 3 is 2.74 bits per heavy atom. The predicted molar refractivity (Wildman–Crippen MR) is 70.8 cm³/mol. The van der Waals surface area contributed by atoms with Crippen LogP contribution in [0.1, 0.15) is 5.56 Å². The fourth-order valence-corrected chi connectivity index (χ4v) is 1.64. The molecule has 1 N–H and O–H groups in total. The minimum Gasteiger partial charge on any atom is -0.467 e. The van der Waals surface area contributed by atoms with Crippen LogP contribution in [0.2, 0.25) is 10.3 Å². The number of anilines is 2. The van der Waals surface area contributed by atoms with Gasteiger partial charge in [-0.1, -0.05) is 11.6 Å². The van der Waals surface area contributed by atoms with Crippen LogP contribution in [-0.4, -0.2) is 22.1 Å². The molecule has 1 heterocycles. The van der Waals surface area contributed by atoms with E-state index in [2.05, 4.69) is 20.3 Å². The Morgan fingerprint density at radius 2 is 2.05 bits per heavy atom. The first-order chi connectivity index (χ1) is 9.12. The largest absolute Gasteiger partial charge is 0.467 e. The molecule has 0 spiro atoms. The molecule has 0 saturated heterocycles. The summed E-state index contributed by atoms with van der Waals surface area (Å²) in [6.07, 6.45) is 0. The van der Waals surface area contributed by atoms with Gasteiger partial charge in [0.15, 0.2) is 0 Å². The van der Waals surface area contributed by atoms with Gasteiger partial charge in [-0.15, -0.1) is 0 Å². The van der Waals surface area contributed by atoms with Crippen LogP contribution in [-0.2, 0) is 0 Å². The molecule has 1 aromatic carbocycles. The monoisotopic (exact) mass is 295 g/mol. The highest BCUT2D eigenvalue weighted by Gasteiger charge is 2.08. The molecule has 0 radical (unpaired) electrons. The molecular weight excluding hydrogens is 289 g/mol. The summed E-state index contributed by atoms with van der Waals surface area (Å²) in [6, 6.07) is 6.89. The fraction of sp³-hybridized carbons (Fsp3) is 0.0909. The molecule has 0 saturated carbocycles. The lowest BCUT2D eigenvalue weighted by Gasteiger charge is -2.07. The minimum atomic E-state index is -0.0186. The van der Waals surface area contributed by atoms with E-state index >= 15 is 0 Å². The first-order valence-electron chi connectivity index (χ1n) is 5.04. The molecule has 0 bridgehead atoms. The number of rotatable bonds is 3. The standard InChI is InChI=1S/C11H7Cl2N5O/c1-19-11-17-9(13)16-10(18-11)15-8-4-7(12)3-2-6(8)5-14/h2-4H,1H3,(H,15,16,17,18). The summed E-state index contributed by atoms with van der Waals surface area (Å²) in [4.78, 5) is 11.6. The van der Waals surface area contributed by atoms with E-state index in [1.807, 2.05) is 6.07 Å². The van der Waals surface area contributed by atoms with Crippen LogP contribution in [0.25, 0.3) is 0 Å². The molecule has 19 heavy (non-hydrogen) atoms. The lowest BCUT2D eigenvalue weighted by Crippen LogP contribution is -2.02. The third-order valence-electron chi connectivity index (χ3n) is 2.12. The smallest absolute Gasteiger partial charge is 0.322 e. The maximum Gasteiger partial charge on any atom is 0.322 e. The second-order valence-corrected chi connectivity index (χ2v) is 4.12. The fourth-order valence-electron chi connectivity index (χ4n) is 1.32. The Balaban J connectivity index is 2.38. The van der Waals surface area contributed by atoms with Crippen molar-refractivity contribution in [3.63, 3.8) is 0 Å². The van der Waals surface area contributed by atoms with E-state index in [-0.39, 0.29) is 17.2 Å². The molecule has 2 rings (SSSR count). The van der Waals surface area contributed by atoms with E-state index in [4.69, 9.17) is 33.2 Å². The Bertz CT molecular complexity index is 656. The molecule has 0 aliphatic carbocycles. The number of methoxy groups -OCH3 is 1. The van der Waals surface area contributed by atoms with Crippen molar-refractivity contribution >= 4 is 34.8 Å². The number of hydrogen-bond acceptors (Lipinski definition) is 6. The van der Waals surface area contributed by atoms with Crippen LogP contribution in [0.5, 0.6) is 6.01 Å². The Kier molecular flexibility index (Phi) is 4.00. The number of nitriles is 1. The van der Waals surface area contributed by atoms with E-state index in [1.54, 1.807) is 18.2 Å². The molecule has 1 aromatic heterocycles. The quantitative estimate of drug-likeness (QED) is 0.937. The molecule has 0 aliphatic heterocycles. The number of hydrogen-bond donors (Lipinski definition) is 1. The van der Waals surface area contributed by atoms with Gasteiger partial charge in [-0.3, -0.25) is 0 Å². The van der Waals surface area contributed by atoms with E-state index in [0.29, 0.717) is 16.3 Å². The minimum absolute atomic E-state index is 0.0186. The van der Waals surface area contributed by atoms with Crippen molar-refractivity contribution < 1.29 is 4.74 Å². The van der Waals surface area contributed by atoms with Crippen molar-refractivity contribution in [1.82, 2.24) is 15.0 Å². The molecule has 0 unspecified atom stereocenters. The summed E-state index contributed by atoms with van der Waals surface area (Å²) in [7, 11) is 1.41. The van der Waals surface area contributed by atoms with Crippen molar-refractivity contribution in [2.75, 3.05) is 12.4 Å². The topological polar surface area (TPSA) is 83.7 Å². The predicted octanol–water partition coefficient (Wildman–Crippen LogP) is 2.80. The van der Waals surface area contributed by atoms with E-state index < -0.39 is 0 Å². The summed E-state index contributed by atoms with van der Waals surface area (Å²) in [6.45, 7) is 0. The summed E-state index contributed by atoms with van der Waals surface area (Å²) < 4.78 is 4.88. The Labute approximate surface area is 119 Å². The second-order valence-electron chi connectivity index (χ2n) is 3.34. The molecule has 96 valence electrons. The highest BCUT2D eigenvalue weighted by molar-refractivity contribution is 6.31. The third kappa shape index (κ3) is 3.22. The van der Waals surface area contributed by atoms with Crippen molar-refractivity contribution in [3.05, 3.63) is 34.1 Å². The van der Waals surface area contributed by atoms with Gasteiger partial charge in [0, 0.05) is 5.02 Å². The van der Waals surface area contributed by atoms with Gasteiger partial charge in [-0.25, -0.2) is 0 Å². The molecule has 6 nitrogen and oxygen atoms in total. The zero-order chi connectivity index (χ0) is 13.8. The average molecular weight is 296 g/mol. The summed E-state index contributed by atoms with van der Waals surface area (Å²) in [5, 5.41) is 12.3. The number of benzene rings is 1. The van der Waals surface area contributed by atoms with Gasteiger partial charge in [0.25, 0.3) is 0 Å². The van der Waals surface area contributed by atoms with Gasteiger partial charge in [0.2, 0.25) is 11.2 Å². The van der Waals surface area contributed by atoms with Crippen LogP contribution in [0, 0.1) is 11.3 Å². The Hall–Kier alpha value is -2.10. The lowest BCUT2D eigenvalue weighted by molar-refractivity contribution is 0.379. The van der Waals surface area contributed by atoms with Gasteiger partial charge in [-0.2, -0.15) is 20.2 Å². The molecule has 0 aliphatic rings. The van der Waals surface area contributed by atoms with Gasteiger partial charge < -0.3 is 10.1 Å². The maximum absolute atomic E-state index is 9.01. The van der Waals surface area contributed by atoms with E-state index in [1.165, 1.54) is 7.11 Å². The van der Waals surface area contributed by atoms with Crippen molar-refractivity contribution in [1.29, 1.82) is 5.26 Å². The van der Waals surface area contributed by atoms with Gasteiger partial charge in [0.1, 0.15) is 6.07 Å². The first kappa shape index (κ1) is 13.3. The number of ether oxygens (including phenoxy) is 1. The number of aromatic nitrogens is 3. The normalized spacial score (nSPS) is 9.79. The third-order valence-corrected chi connectivity index (χ3v) is 2.52. The maximum atomic E-state index is 9.01. The van der Waals surface area contributed by atoms with Crippen molar-refractivity contribution in [2.45, 2.75) is 0 Å². The summed E-state index contributed by atoms with van der Waals surface area (Å²) >= 11 is 11.6. The number of nitrogens with one attached hydrogen (secondary N) is 1. The van der Waals surface area contributed by atoms with Crippen LogP contribution in [0.3, 0.4) is 0 Å². The summed E-state index contributed by atoms with van der Waals surface area (Å²) in [5.41, 5.74) is 0.874. The number of nitrogens with zero attached hydrogens (tertiary/aromatic N) is 4. The highest BCUT2D eigenvalue weighted by atomic mass is 35.5. The van der Waals surface area contributed by atoms with E-state index in [0.717, 1.165) is 0 Å². The zero-order valence-electron chi connectivity index (χ0n) is 9.69. The van der Waals surface area contributed by atoms with Crippen LogP contribution in [0.15, 0.2) is 18.2 Å². The Morgan fingerprint density at radius 1 is 1.26 bits per heavy atom. The van der Waals surface area contributed by atoms with E-state index in [9.17, 15) is 0 Å². The lowest BCUT2D eigenvalue weighted by atomic mass is 10.2. The molecule has 2 aromatic rings. The molecule has 0 amide bonds. The van der Waals surface area contributed by atoms with Crippen molar-refractivity contribution in [2.24, 2.45) is 0 Å². The van der Waals surface area contributed by atoms with Crippen LogP contribution < -0.4 is 10.1 Å². The van der Waals surface area contributed by atoms with Gasteiger partial charge in [0.05, 0.1) is 18.4 Å².